The van der Waals surface area contributed by atoms with Crippen molar-refractivity contribution in [3.63, 3.8) is 0 Å². The summed E-state index contributed by atoms with van der Waals surface area (Å²) in [5, 5.41) is 3.08. The lowest BCUT2D eigenvalue weighted by molar-refractivity contribution is 0.0644. The third-order valence-corrected chi connectivity index (χ3v) is 7.77. The van der Waals surface area contributed by atoms with Crippen molar-refractivity contribution in [1.82, 2.24) is 9.80 Å². The number of nitrogens with one attached hydrogen (secondary N) is 1. The molecule has 3 aliphatic heterocycles. The molecule has 1 amide bonds. The maximum atomic E-state index is 12.9. The van der Waals surface area contributed by atoms with Gasteiger partial charge >= 0.3 is 0 Å². The van der Waals surface area contributed by atoms with Gasteiger partial charge in [0, 0.05) is 35.9 Å². The van der Waals surface area contributed by atoms with Gasteiger partial charge in [-0.2, -0.15) is 8.42 Å². The molecule has 5 rings (SSSR count). The Morgan fingerprint density at radius 1 is 0.935 bits per heavy atom. The SMILES string of the molecule is O=C(c1ccc(NC2=NS(=O)(=O)c3ccccc32)cc1)N1CCC(N2CCCC2)CC1. The van der Waals surface area contributed by atoms with Gasteiger partial charge in [-0.05, 0) is 75.2 Å². The number of fused-ring (bicyclic) bond motifs is 1. The van der Waals surface area contributed by atoms with E-state index in [1.54, 1.807) is 48.5 Å². The molecule has 0 spiro atoms. The lowest BCUT2D eigenvalue weighted by Gasteiger charge is -2.36. The second-order valence-corrected chi connectivity index (χ2v) is 9.95. The smallest absolute Gasteiger partial charge is 0.285 e. The van der Waals surface area contributed by atoms with Crippen molar-refractivity contribution >= 4 is 27.5 Å². The zero-order chi connectivity index (χ0) is 21.4. The number of carbonyl (C=O) groups is 1. The summed E-state index contributed by atoms with van der Waals surface area (Å²) in [7, 11) is -3.66. The zero-order valence-electron chi connectivity index (χ0n) is 17.3. The first-order valence-electron chi connectivity index (χ1n) is 10.9. The molecule has 7 nitrogen and oxygen atoms in total. The van der Waals surface area contributed by atoms with Crippen LogP contribution in [0.15, 0.2) is 57.8 Å². The number of amidine groups is 1. The minimum absolute atomic E-state index is 0.0533. The summed E-state index contributed by atoms with van der Waals surface area (Å²) in [6.07, 6.45) is 4.67. The summed E-state index contributed by atoms with van der Waals surface area (Å²) in [5.74, 6) is 0.358. The highest BCUT2D eigenvalue weighted by atomic mass is 32.2. The van der Waals surface area contributed by atoms with Crippen LogP contribution in [0, 0.1) is 0 Å². The number of likely N-dealkylation sites (tertiary alicyclic amines) is 2. The summed E-state index contributed by atoms with van der Waals surface area (Å²) in [6, 6.07) is 14.5. The second kappa shape index (κ2) is 8.09. The Bertz CT molecular complexity index is 1110. The molecular formula is C23H26N4O3S. The molecule has 0 aliphatic carbocycles. The summed E-state index contributed by atoms with van der Waals surface area (Å²) in [4.78, 5) is 17.7. The maximum absolute atomic E-state index is 12.9. The number of rotatable bonds is 3. The van der Waals surface area contributed by atoms with Gasteiger partial charge in [0.15, 0.2) is 5.84 Å². The fourth-order valence-corrected chi connectivity index (χ4v) is 5.93. The lowest BCUT2D eigenvalue weighted by Crippen LogP contribution is -2.45. The van der Waals surface area contributed by atoms with E-state index in [-0.39, 0.29) is 10.8 Å². The van der Waals surface area contributed by atoms with Crippen LogP contribution in [0.5, 0.6) is 0 Å². The Morgan fingerprint density at radius 3 is 2.32 bits per heavy atom. The summed E-state index contributed by atoms with van der Waals surface area (Å²) in [5.41, 5.74) is 1.89. The van der Waals surface area contributed by atoms with Crippen LogP contribution in [0.2, 0.25) is 0 Å². The Labute approximate surface area is 182 Å². The first-order chi connectivity index (χ1) is 15.0. The summed E-state index contributed by atoms with van der Waals surface area (Å²) >= 11 is 0. The average molecular weight is 439 g/mol. The molecule has 2 aromatic carbocycles. The molecular weight excluding hydrogens is 412 g/mol. The van der Waals surface area contributed by atoms with Gasteiger partial charge in [-0.3, -0.25) is 4.79 Å². The van der Waals surface area contributed by atoms with Crippen molar-refractivity contribution in [1.29, 1.82) is 0 Å². The first kappa shape index (κ1) is 20.2. The van der Waals surface area contributed by atoms with Crippen LogP contribution < -0.4 is 5.32 Å². The number of benzene rings is 2. The molecule has 8 heteroatoms. The highest BCUT2D eigenvalue weighted by molar-refractivity contribution is 7.90. The zero-order valence-corrected chi connectivity index (χ0v) is 18.1. The van der Waals surface area contributed by atoms with E-state index in [0.29, 0.717) is 28.7 Å². The first-order valence-corrected chi connectivity index (χ1v) is 12.3. The van der Waals surface area contributed by atoms with E-state index in [4.69, 9.17) is 0 Å². The quantitative estimate of drug-likeness (QED) is 0.797. The van der Waals surface area contributed by atoms with Crippen molar-refractivity contribution in [2.45, 2.75) is 36.6 Å². The van der Waals surface area contributed by atoms with E-state index in [2.05, 4.69) is 14.6 Å². The fourth-order valence-electron chi connectivity index (χ4n) is 4.75. The minimum atomic E-state index is -3.66. The third-order valence-electron chi connectivity index (χ3n) is 6.43. The van der Waals surface area contributed by atoms with Gasteiger partial charge < -0.3 is 15.1 Å². The van der Waals surface area contributed by atoms with Gasteiger partial charge in [-0.15, -0.1) is 4.40 Å². The maximum Gasteiger partial charge on any atom is 0.285 e. The largest absolute Gasteiger partial charge is 0.339 e. The Balaban J connectivity index is 1.23. The average Bonchev–Trinajstić information content (AvgIpc) is 3.41. The van der Waals surface area contributed by atoms with Gasteiger partial charge in [0.25, 0.3) is 15.9 Å². The second-order valence-electron chi connectivity index (χ2n) is 8.38. The number of carbonyl (C=O) groups excluding carboxylic acids is 1. The van der Waals surface area contributed by atoms with E-state index in [1.807, 2.05) is 4.90 Å². The fraction of sp³-hybridized carbons (Fsp3) is 0.391. The van der Waals surface area contributed by atoms with Crippen molar-refractivity contribution in [2.75, 3.05) is 31.5 Å². The topological polar surface area (TPSA) is 82.1 Å². The minimum Gasteiger partial charge on any atom is -0.339 e. The molecule has 162 valence electrons. The Morgan fingerprint density at radius 2 is 1.61 bits per heavy atom. The number of piperidine rings is 1. The van der Waals surface area contributed by atoms with Gasteiger partial charge in [0.1, 0.15) is 4.90 Å². The Hall–Kier alpha value is -2.71. The number of amides is 1. The normalized spacial score (nSPS) is 21.0. The van der Waals surface area contributed by atoms with Crippen molar-refractivity contribution < 1.29 is 13.2 Å². The molecule has 0 radical (unpaired) electrons. The lowest BCUT2D eigenvalue weighted by atomic mass is 10.0. The molecule has 0 saturated carbocycles. The van der Waals surface area contributed by atoms with Crippen LogP contribution in [0.1, 0.15) is 41.6 Å². The van der Waals surface area contributed by atoms with Crippen LogP contribution in [0.3, 0.4) is 0 Å². The molecule has 2 saturated heterocycles. The van der Waals surface area contributed by atoms with E-state index in [1.165, 1.54) is 25.9 Å². The molecule has 0 unspecified atom stereocenters. The van der Waals surface area contributed by atoms with Crippen molar-refractivity contribution in [3.8, 4) is 0 Å². The van der Waals surface area contributed by atoms with Gasteiger partial charge in [-0.25, -0.2) is 0 Å². The molecule has 0 aromatic heterocycles. The monoisotopic (exact) mass is 438 g/mol. The summed E-state index contributed by atoms with van der Waals surface area (Å²) < 4.78 is 28.3. The van der Waals surface area contributed by atoms with E-state index in [0.717, 1.165) is 25.9 Å². The van der Waals surface area contributed by atoms with Crippen LogP contribution in [0.25, 0.3) is 0 Å². The van der Waals surface area contributed by atoms with Gasteiger partial charge in [0.2, 0.25) is 0 Å². The molecule has 2 aromatic rings. The predicted octanol–water partition coefficient (Wildman–Crippen LogP) is 2.95. The highest BCUT2D eigenvalue weighted by Gasteiger charge is 2.30. The van der Waals surface area contributed by atoms with Crippen LogP contribution in [-0.4, -0.2) is 62.2 Å². The van der Waals surface area contributed by atoms with Crippen LogP contribution in [-0.2, 0) is 10.0 Å². The van der Waals surface area contributed by atoms with Crippen LogP contribution in [0.4, 0.5) is 5.69 Å². The third kappa shape index (κ3) is 3.97. The van der Waals surface area contributed by atoms with Crippen LogP contribution >= 0.6 is 0 Å². The number of sulfonamides is 1. The van der Waals surface area contributed by atoms with E-state index in [9.17, 15) is 13.2 Å². The number of nitrogens with zero attached hydrogens (tertiary/aromatic N) is 3. The molecule has 31 heavy (non-hydrogen) atoms. The number of hydrogen-bond acceptors (Lipinski definition) is 5. The standard InChI is InChI=1S/C23H26N4O3S/c28-23(27-15-11-19(12-16-27)26-13-3-4-14-26)17-7-9-18(10-8-17)24-22-20-5-1-2-6-21(20)31(29,30)25-22/h1-2,5-10,19H,3-4,11-16H2,(H,24,25). The number of anilines is 1. The molecule has 3 aliphatic rings. The summed E-state index contributed by atoms with van der Waals surface area (Å²) in [6.45, 7) is 3.99. The van der Waals surface area contributed by atoms with E-state index < -0.39 is 10.0 Å². The van der Waals surface area contributed by atoms with Crippen molar-refractivity contribution in [2.24, 2.45) is 4.40 Å². The molecule has 3 heterocycles. The molecule has 0 bridgehead atoms. The molecule has 1 N–H and O–H groups in total. The molecule has 0 atom stereocenters. The predicted molar refractivity (Wildman–Crippen MR) is 120 cm³/mol. The number of hydrogen-bond donors (Lipinski definition) is 1. The van der Waals surface area contributed by atoms with Crippen molar-refractivity contribution in [3.05, 3.63) is 59.7 Å². The Kier molecular flexibility index (Phi) is 5.27. The van der Waals surface area contributed by atoms with E-state index >= 15 is 0 Å². The van der Waals surface area contributed by atoms with Gasteiger partial charge in [-0.1, -0.05) is 12.1 Å². The van der Waals surface area contributed by atoms with Gasteiger partial charge in [0.05, 0.1) is 0 Å². The molecule has 2 fully saturated rings. The highest BCUT2D eigenvalue weighted by Crippen LogP contribution is 2.27.